The summed E-state index contributed by atoms with van der Waals surface area (Å²) in [4.78, 5) is 26.1. The highest BCUT2D eigenvalue weighted by Crippen LogP contribution is 2.27. The second kappa shape index (κ2) is 10.5. The van der Waals surface area contributed by atoms with Crippen LogP contribution in [-0.2, 0) is 16.0 Å². The number of benzene rings is 2. The minimum absolute atomic E-state index is 0.0509. The Hall–Kier alpha value is -3.02. The number of anilines is 1. The summed E-state index contributed by atoms with van der Waals surface area (Å²) < 4.78 is 10.6. The molecule has 0 unspecified atom stereocenters. The molecule has 0 aliphatic heterocycles. The molecular formula is C23H30N2O4. The molecule has 6 nitrogen and oxygen atoms in total. The van der Waals surface area contributed by atoms with Gasteiger partial charge in [-0.2, -0.15) is 0 Å². The number of carbonyl (C=O) groups is 2. The van der Waals surface area contributed by atoms with E-state index in [4.69, 9.17) is 9.47 Å². The van der Waals surface area contributed by atoms with Gasteiger partial charge in [0.1, 0.15) is 0 Å². The van der Waals surface area contributed by atoms with Gasteiger partial charge in [-0.15, -0.1) is 0 Å². The SMILES string of the molecule is COc1ccc(CCN(CCC(=O)Nc2cc(C)ccc2C)C(C)=O)cc1OC. The van der Waals surface area contributed by atoms with E-state index in [9.17, 15) is 9.59 Å². The molecule has 0 aromatic heterocycles. The van der Waals surface area contributed by atoms with Crippen molar-refractivity contribution in [2.75, 3.05) is 32.6 Å². The van der Waals surface area contributed by atoms with Gasteiger partial charge < -0.3 is 19.7 Å². The number of aryl methyl sites for hydroxylation is 2. The average Bonchev–Trinajstić information content (AvgIpc) is 2.70. The molecule has 0 heterocycles. The lowest BCUT2D eigenvalue weighted by Gasteiger charge is -2.21. The van der Waals surface area contributed by atoms with Gasteiger partial charge in [0.2, 0.25) is 11.8 Å². The van der Waals surface area contributed by atoms with Crippen molar-refractivity contribution in [1.82, 2.24) is 4.90 Å². The van der Waals surface area contributed by atoms with E-state index < -0.39 is 0 Å². The first-order valence-corrected chi connectivity index (χ1v) is 9.67. The number of amides is 2. The van der Waals surface area contributed by atoms with Crippen molar-refractivity contribution in [3.8, 4) is 11.5 Å². The molecule has 156 valence electrons. The van der Waals surface area contributed by atoms with Gasteiger partial charge in [-0.1, -0.05) is 18.2 Å². The van der Waals surface area contributed by atoms with Crippen LogP contribution in [0.3, 0.4) is 0 Å². The minimum Gasteiger partial charge on any atom is -0.493 e. The molecule has 1 N–H and O–H groups in total. The van der Waals surface area contributed by atoms with E-state index in [1.807, 2.05) is 50.2 Å². The highest BCUT2D eigenvalue weighted by Gasteiger charge is 2.13. The number of ether oxygens (including phenoxy) is 2. The quantitative estimate of drug-likeness (QED) is 0.699. The molecule has 29 heavy (non-hydrogen) atoms. The molecule has 0 radical (unpaired) electrons. The summed E-state index contributed by atoms with van der Waals surface area (Å²) >= 11 is 0. The van der Waals surface area contributed by atoms with Crippen molar-refractivity contribution >= 4 is 17.5 Å². The minimum atomic E-state index is -0.101. The summed E-state index contributed by atoms with van der Waals surface area (Å²) in [5.74, 6) is 1.18. The van der Waals surface area contributed by atoms with E-state index in [0.29, 0.717) is 31.0 Å². The van der Waals surface area contributed by atoms with Crippen molar-refractivity contribution in [1.29, 1.82) is 0 Å². The van der Waals surface area contributed by atoms with Gasteiger partial charge in [-0.3, -0.25) is 9.59 Å². The number of hydrogen-bond donors (Lipinski definition) is 1. The lowest BCUT2D eigenvalue weighted by molar-refractivity contribution is -0.129. The first-order chi connectivity index (χ1) is 13.8. The Morgan fingerprint density at radius 1 is 0.966 bits per heavy atom. The van der Waals surface area contributed by atoms with Crippen molar-refractivity contribution in [2.45, 2.75) is 33.6 Å². The zero-order chi connectivity index (χ0) is 21.4. The van der Waals surface area contributed by atoms with Crippen LogP contribution in [0.4, 0.5) is 5.69 Å². The third kappa shape index (κ3) is 6.52. The van der Waals surface area contributed by atoms with E-state index in [1.165, 1.54) is 6.92 Å². The highest BCUT2D eigenvalue weighted by molar-refractivity contribution is 5.92. The number of methoxy groups -OCH3 is 2. The molecule has 0 aliphatic carbocycles. The molecule has 2 aromatic rings. The van der Waals surface area contributed by atoms with E-state index >= 15 is 0 Å². The van der Waals surface area contributed by atoms with Gasteiger partial charge in [0, 0.05) is 32.1 Å². The monoisotopic (exact) mass is 398 g/mol. The molecule has 2 rings (SSSR count). The molecule has 0 bridgehead atoms. The summed E-state index contributed by atoms with van der Waals surface area (Å²) in [5.41, 5.74) is 3.95. The molecule has 0 aliphatic rings. The first kappa shape index (κ1) is 22.3. The summed E-state index contributed by atoms with van der Waals surface area (Å²) in [6, 6.07) is 11.7. The van der Waals surface area contributed by atoms with Crippen molar-refractivity contribution in [2.24, 2.45) is 0 Å². The van der Waals surface area contributed by atoms with E-state index in [1.54, 1.807) is 19.1 Å². The Labute approximate surface area is 172 Å². The predicted octanol–water partition coefficient (Wildman–Crippen LogP) is 3.74. The molecule has 0 saturated carbocycles. The number of hydrogen-bond acceptors (Lipinski definition) is 4. The number of nitrogens with one attached hydrogen (secondary N) is 1. The van der Waals surface area contributed by atoms with Crippen LogP contribution in [0.25, 0.3) is 0 Å². The second-order valence-corrected chi connectivity index (χ2v) is 7.06. The van der Waals surface area contributed by atoms with Gasteiger partial charge in [-0.25, -0.2) is 0 Å². The predicted molar refractivity (Wildman–Crippen MR) is 115 cm³/mol. The summed E-state index contributed by atoms with van der Waals surface area (Å²) in [5, 5.41) is 2.94. The van der Waals surface area contributed by atoms with Gasteiger partial charge in [0.15, 0.2) is 11.5 Å². The van der Waals surface area contributed by atoms with Crippen LogP contribution >= 0.6 is 0 Å². The molecule has 0 fully saturated rings. The maximum absolute atomic E-state index is 12.4. The summed E-state index contributed by atoms with van der Waals surface area (Å²) in [6.45, 7) is 6.37. The van der Waals surface area contributed by atoms with Gasteiger partial charge in [-0.05, 0) is 55.2 Å². The van der Waals surface area contributed by atoms with E-state index in [2.05, 4.69) is 5.32 Å². The number of nitrogens with zero attached hydrogens (tertiary/aromatic N) is 1. The smallest absolute Gasteiger partial charge is 0.226 e. The molecule has 0 saturated heterocycles. The van der Waals surface area contributed by atoms with Crippen LogP contribution in [0.5, 0.6) is 11.5 Å². The van der Waals surface area contributed by atoms with Crippen LogP contribution in [0.2, 0.25) is 0 Å². The number of carbonyl (C=O) groups excluding carboxylic acids is 2. The van der Waals surface area contributed by atoms with E-state index in [0.717, 1.165) is 22.4 Å². The Morgan fingerprint density at radius 3 is 2.34 bits per heavy atom. The molecule has 0 spiro atoms. The van der Waals surface area contributed by atoms with E-state index in [-0.39, 0.29) is 18.2 Å². The summed E-state index contributed by atoms with van der Waals surface area (Å²) in [7, 11) is 3.19. The van der Waals surface area contributed by atoms with Crippen molar-refractivity contribution in [3.63, 3.8) is 0 Å². The molecule has 2 aromatic carbocycles. The normalized spacial score (nSPS) is 10.4. The fourth-order valence-corrected chi connectivity index (χ4v) is 3.05. The van der Waals surface area contributed by atoms with Crippen molar-refractivity contribution < 1.29 is 19.1 Å². The Kier molecular flexibility index (Phi) is 8.07. The van der Waals surface area contributed by atoms with Gasteiger partial charge in [0.05, 0.1) is 14.2 Å². The maximum Gasteiger partial charge on any atom is 0.226 e. The zero-order valence-electron chi connectivity index (χ0n) is 17.9. The third-order valence-electron chi connectivity index (χ3n) is 4.84. The largest absolute Gasteiger partial charge is 0.493 e. The maximum atomic E-state index is 12.4. The van der Waals surface area contributed by atoms with Crippen molar-refractivity contribution in [3.05, 3.63) is 53.1 Å². The van der Waals surface area contributed by atoms with Crippen LogP contribution in [0.15, 0.2) is 36.4 Å². The lowest BCUT2D eigenvalue weighted by Crippen LogP contribution is -2.33. The van der Waals surface area contributed by atoms with Crippen LogP contribution in [0, 0.1) is 13.8 Å². The van der Waals surface area contributed by atoms with Crippen LogP contribution in [0.1, 0.15) is 30.0 Å². The fourth-order valence-electron chi connectivity index (χ4n) is 3.05. The van der Waals surface area contributed by atoms with Crippen LogP contribution in [-0.4, -0.2) is 44.0 Å². The summed E-state index contributed by atoms with van der Waals surface area (Å²) in [6.07, 6.45) is 0.914. The van der Waals surface area contributed by atoms with Gasteiger partial charge in [0.25, 0.3) is 0 Å². The zero-order valence-corrected chi connectivity index (χ0v) is 17.9. The fraction of sp³-hybridized carbons (Fsp3) is 0.391. The average molecular weight is 399 g/mol. The highest BCUT2D eigenvalue weighted by atomic mass is 16.5. The molecule has 6 heteroatoms. The lowest BCUT2D eigenvalue weighted by atomic mass is 10.1. The first-order valence-electron chi connectivity index (χ1n) is 9.67. The van der Waals surface area contributed by atoms with Crippen LogP contribution < -0.4 is 14.8 Å². The number of rotatable bonds is 9. The Bertz CT molecular complexity index is 864. The Morgan fingerprint density at radius 2 is 1.69 bits per heavy atom. The van der Waals surface area contributed by atoms with Gasteiger partial charge >= 0.3 is 0 Å². The second-order valence-electron chi connectivity index (χ2n) is 7.06. The Balaban J connectivity index is 1.92. The topological polar surface area (TPSA) is 67.9 Å². The molecule has 2 amide bonds. The molecule has 0 atom stereocenters. The molecular weight excluding hydrogens is 368 g/mol. The third-order valence-corrected chi connectivity index (χ3v) is 4.84. The standard InChI is InChI=1S/C23H30N2O4/c1-16-6-7-17(2)20(14-16)24-23(27)11-13-25(18(3)26)12-10-19-8-9-21(28-4)22(15-19)29-5/h6-9,14-15H,10-13H2,1-5H3,(H,24,27).